The molecule has 2 N–H and O–H groups in total. The van der Waals surface area contributed by atoms with Crippen molar-refractivity contribution in [3.8, 4) is 0 Å². The number of carbonyl (C=O) groups excluding carboxylic acids is 1. The topological polar surface area (TPSA) is 43.1 Å². The van der Waals surface area contributed by atoms with E-state index in [1.54, 1.807) is 30.8 Å². The van der Waals surface area contributed by atoms with Crippen LogP contribution in [0.25, 0.3) is 10.5 Å². The Morgan fingerprint density at radius 2 is 1.45 bits per heavy atom. The summed E-state index contributed by atoms with van der Waals surface area (Å²) >= 11 is 1.63. The maximum absolute atomic E-state index is 13.0. The van der Waals surface area contributed by atoms with Gasteiger partial charge in [0, 0.05) is 28.2 Å². The van der Waals surface area contributed by atoms with E-state index in [-0.39, 0.29) is 17.0 Å². The van der Waals surface area contributed by atoms with Crippen LogP contribution in [0.3, 0.4) is 0 Å². The molecule has 0 bridgehead atoms. The summed E-state index contributed by atoms with van der Waals surface area (Å²) < 4.78 is 38.1. The normalized spacial score (nSPS) is 10.3. The van der Waals surface area contributed by atoms with Crippen LogP contribution in [0.2, 0.25) is 0 Å². The number of rotatable bonds is 8. The number of halogens is 3. The van der Waals surface area contributed by atoms with Crippen LogP contribution in [0.4, 0.5) is 13.2 Å². The monoisotopic (exact) mass is 543 g/mol. The summed E-state index contributed by atoms with van der Waals surface area (Å²) in [6, 6.07) is 17.8. The van der Waals surface area contributed by atoms with Crippen molar-refractivity contribution >= 4 is 28.1 Å². The second-order valence-corrected chi connectivity index (χ2v) is 9.20. The molecule has 0 saturated heterocycles. The first-order valence-electron chi connectivity index (χ1n) is 12.7. The van der Waals surface area contributed by atoms with Gasteiger partial charge in [-0.05, 0) is 66.8 Å². The zero-order chi connectivity index (χ0) is 29.3. The number of hydrogen-bond donors (Lipinski definition) is 1. The second kappa shape index (κ2) is 18.9. The van der Waals surface area contributed by atoms with Crippen molar-refractivity contribution in [1.82, 2.24) is 0 Å². The van der Waals surface area contributed by atoms with E-state index in [0.29, 0.717) is 24.0 Å². The van der Waals surface area contributed by atoms with Crippen LogP contribution in [0.1, 0.15) is 75.5 Å². The van der Waals surface area contributed by atoms with Crippen LogP contribution >= 0.6 is 11.8 Å². The lowest BCUT2D eigenvalue weighted by Crippen LogP contribution is -2.12. The number of nitrogens with two attached hydrogens (primary N) is 1. The van der Waals surface area contributed by atoms with Crippen LogP contribution in [0.15, 0.2) is 79.9 Å². The van der Waals surface area contributed by atoms with Gasteiger partial charge in [0.05, 0.1) is 0 Å². The first-order chi connectivity index (χ1) is 18.1. The Labute approximate surface area is 230 Å². The molecule has 0 aliphatic rings. The zero-order valence-electron chi connectivity index (χ0n) is 23.3. The summed E-state index contributed by atoms with van der Waals surface area (Å²) in [5.41, 5.74) is 9.42. The maximum atomic E-state index is 13.0. The standard InChI is InChI=1S/C19H20FNOS.C9H8F2.2C2H6/c1-13(15-7-10-17(20)11-8-15)23-14(2)18-6-4-3-5-16(18)9-12-19(21)22;1-6(2)8-4-3-7(10)5-9(8)11;2*1-2/h3-8,10-11,14H,1,9,12H2,2H3,(H2,21,22);3-5H,1H2,2H3;2*1-2H3. The molecule has 0 spiro atoms. The van der Waals surface area contributed by atoms with E-state index in [2.05, 4.69) is 26.1 Å². The summed E-state index contributed by atoms with van der Waals surface area (Å²) in [6.45, 7) is 19.4. The van der Waals surface area contributed by atoms with Crippen molar-refractivity contribution in [2.24, 2.45) is 5.73 Å². The molecule has 6 heteroatoms. The van der Waals surface area contributed by atoms with Gasteiger partial charge in [-0.15, -0.1) is 11.8 Å². The van der Waals surface area contributed by atoms with Gasteiger partial charge in [-0.2, -0.15) is 0 Å². The van der Waals surface area contributed by atoms with Gasteiger partial charge in [0.1, 0.15) is 17.5 Å². The van der Waals surface area contributed by atoms with E-state index in [9.17, 15) is 18.0 Å². The molecule has 0 aliphatic carbocycles. The predicted octanol–water partition coefficient (Wildman–Crippen LogP) is 9.76. The first kappa shape index (κ1) is 34.8. The molecule has 3 aromatic rings. The fourth-order valence-corrected chi connectivity index (χ4v) is 4.29. The Kier molecular flexibility index (Phi) is 17.3. The summed E-state index contributed by atoms with van der Waals surface area (Å²) in [7, 11) is 0. The van der Waals surface area contributed by atoms with Gasteiger partial charge in [-0.1, -0.05) is 77.3 Å². The molecule has 2 nitrogen and oxygen atoms in total. The van der Waals surface area contributed by atoms with E-state index in [1.807, 2.05) is 45.9 Å². The van der Waals surface area contributed by atoms with Gasteiger partial charge in [-0.3, -0.25) is 4.79 Å². The molecule has 0 radical (unpaired) electrons. The summed E-state index contributed by atoms with van der Waals surface area (Å²) in [4.78, 5) is 11.9. The molecule has 0 aromatic heterocycles. The zero-order valence-corrected chi connectivity index (χ0v) is 24.1. The van der Waals surface area contributed by atoms with Crippen molar-refractivity contribution < 1.29 is 18.0 Å². The highest BCUT2D eigenvalue weighted by molar-refractivity contribution is 8.08. The summed E-state index contributed by atoms with van der Waals surface area (Å²) in [5.74, 6) is -1.67. The largest absolute Gasteiger partial charge is 0.370 e. The predicted molar refractivity (Wildman–Crippen MR) is 159 cm³/mol. The average molecular weight is 544 g/mol. The van der Waals surface area contributed by atoms with Crippen molar-refractivity contribution in [2.45, 2.75) is 59.6 Å². The smallest absolute Gasteiger partial charge is 0.217 e. The van der Waals surface area contributed by atoms with Crippen molar-refractivity contribution in [1.29, 1.82) is 0 Å². The van der Waals surface area contributed by atoms with E-state index in [1.165, 1.54) is 29.8 Å². The first-order valence-corrected chi connectivity index (χ1v) is 13.5. The minimum atomic E-state index is -0.562. The van der Waals surface area contributed by atoms with Crippen LogP contribution in [0, 0.1) is 17.5 Å². The highest BCUT2D eigenvalue weighted by atomic mass is 32.2. The van der Waals surface area contributed by atoms with Gasteiger partial charge >= 0.3 is 0 Å². The fraction of sp³-hybridized carbons (Fsp3) is 0.281. The van der Waals surface area contributed by atoms with Gasteiger partial charge in [0.15, 0.2) is 0 Å². The van der Waals surface area contributed by atoms with Crippen molar-refractivity contribution in [2.75, 3.05) is 0 Å². The number of amides is 1. The molecule has 1 unspecified atom stereocenters. The SMILES string of the molecule is C=C(C)c1ccc(F)cc1F.C=C(SC(C)c1ccccc1CCC(N)=O)c1ccc(F)cc1.CC.CC. The lowest BCUT2D eigenvalue weighted by Gasteiger charge is -2.17. The fourth-order valence-electron chi connectivity index (χ4n) is 3.23. The van der Waals surface area contributed by atoms with E-state index >= 15 is 0 Å². The third-order valence-electron chi connectivity index (χ3n) is 5.01. The molecular formula is C32H40F3NOS. The van der Waals surface area contributed by atoms with Gasteiger partial charge in [0.25, 0.3) is 0 Å². The van der Waals surface area contributed by atoms with Crippen molar-refractivity contribution in [3.05, 3.63) is 120 Å². The Bertz CT molecular complexity index is 1160. The Hall–Kier alpha value is -3.25. The number of hydrogen-bond acceptors (Lipinski definition) is 2. The van der Waals surface area contributed by atoms with Crippen molar-refractivity contribution in [3.63, 3.8) is 0 Å². The quantitative estimate of drug-likeness (QED) is 0.307. The van der Waals surface area contributed by atoms with E-state index < -0.39 is 11.6 Å². The van der Waals surface area contributed by atoms with Gasteiger partial charge in [-0.25, -0.2) is 13.2 Å². The summed E-state index contributed by atoms with van der Waals surface area (Å²) in [5, 5.41) is 0.177. The number of benzene rings is 3. The molecule has 0 aliphatic heterocycles. The molecule has 38 heavy (non-hydrogen) atoms. The molecule has 206 valence electrons. The minimum Gasteiger partial charge on any atom is -0.370 e. The highest BCUT2D eigenvalue weighted by Crippen LogP contribution is 2.39. The van der Waals surface area contributed by atoms with Crippen LogP contribution < -0.4 is 5.73 Å². The molecule has 0 saturated carbocycles. The highest BCUT2D eigenvalue weighted by Gasteiger charge is 2.14. The molecule has 0 heterocycles. The Balaban J connectivity index is 0.000000763. The number of carbonyl (C=O) groups is 1. The lowest BCUT2D eigenvalue weighted by molar-refractivity contribution is -0.117. The molecule has 0 fully saturated rings. The van der Waals surface area contributed by atoms with Crippen LogP contribution in [-0.2, 0) is 11.2 Å². The third kappa shape index (κ3) is 12.3. The van der Waals surface area contributed by atoms with Crippen LogP contribution in [0.5, 0.6) is 0 Å². The van der Waals surface area contributed by atoms with E-state index in [4.69, 9.17) is 5.73 Å². The van der Waals surface area contributed by atoms with Gasteiger partial charge < -0.3 is 5.73 Å². The molecule has 3 rings (SSSR count). The third-order valence-corrected chi connectivity index (χ3v) is 6.14. The molecular weight excluding hydrogens is 503 g/mol. The maximum Gasteiger partial charge on any atom is 0.217 e. The average Bonchev–Trinajstić information content (AvgIpc) is 2.90. The molecule has 1 amide bonds. The molecule has 1 atom stereocenters. The number of allylic oxidation sites excluding steroid dienone is 1. The number of primary amides is 1. The second-order valence-electron chi connectivity index (χ2n) is 7.76. The lowest BCUT2D eigenvalue weighted by atomic mass is 10.0. The minimum absolute atomic E-state index is 0.177. The summed E-state index contributed by atoms with van der Waals surface area (Å²) in [6.07, 6.45) is 0.979. The van der Waals surface area contributed by atoms with Gasteiger partial charge in [0.2, 0.25) is 5.91 Å². The van der Waals surface area contributed by atoms with E-state index in [0.717, 1.165) is 22.1 Å². The number of aryl methyl sites for hydroxylation is 1. The van der Waals surface area contributed by atoms with Crippen LogP contribution in [-0.4, -0.2) is 5.91 Å². The molecule has 3 aromatic carbocycles. The number of thioether (sulfide) groups is 1. The Morgan fingerprint density at radius 1 is 0.895 bits per heavy atom. The Morgan fingerprint density at radius 3 is 1.97 bits per heavy atom.